The van der Waals surface area contributed by atoms with Crippen LogP contribution >= 0.6 is 11.3 Å². The number of hydrogen-bond acceptors (Lipinski definition) is 6. The molecule has 25 heavy (non-hydrogen) atoms. The molecule has 0 radical (unpaired) electrons. The average Bonchev–Trinajstić information content (AvgIpc) is 2.99. The first-order valence-electron chi connectivity index (χ1n) is 7.65. The molecule has 0 saturated heterocycles. The fourth-order valence-corrected chi connectivity index (χ4v) is 3.27. The number of rotatable bonds is 5. The van der Waals surface area contributed by atoms with E-state index in [0.717, 1.165) is 20.9 Å². The second-order valence-electron chi connectivity index (χ2n) is 5.35. The van der Waals surface area contributed by atoms with Crippen LogP contribution in [0.3, 0.4) is 0 Å². The molecule has 2 N–H and O–H groups in total. The number of carbonyl (C=O) groups excluding carboxylic acids is 2. The lowest BCUT2D eigenvalue weighted by atomic mass is 10.2. The van der Waals surface area contributed by atoms with E-state index in [4.69, 9.17) is 4.74 Å². The van der Waals surface area contributed by atoms with Crippen molar-refractivity contribution in [1.82, 2.24) is 4.98 Å². The third-order valence-corrected chi connectivity index (χ3v) is 4.49. The van der Waals surface area contributed by atoms with Crippen LogP contribution in [0.25, 0.3) is 10.2 Å². The van der Waals surface area contributed by atoms with E-state index >= 15 is 0 Å². The molecule has 2 aromatic carbocycles. The highest BCUT2D eigenvalue weighted by atomic mass is 32.1. The van der Waals surface area contributed by atoms with Gasteiger partial charge in [-0.15, -0.1) is 11.3 Å². The Morgan fingerprint density at radius 1 is 1.20 bits per heavy atom. The van der Waals surface area contributed by atoms with Gasteiger partial charge in [0, 0.05) is 5.69 Å². The lowest BCUT2D eigenvalue weighted by Crippen LogP contribution is -2.23. The fraction of sp³-hybridized carbons (Fsp3) is 0.167. The molecule has 1 aromatic heterocycles. The van der Waals surface area contributed by atoms with E-state index in [2.05, 4.69) is 15.6 Å². The monoisotopic (exact) mass is 355 g/mol. The van der Waals surface area contributed by atoms with Gasteiger partial charge < -0.3 is 15.4 Å². The van der Waals surface area contributed by atoms with Gasteiger partial charge >= 0.3 is 5.97 Å². The van der Waals surface area contributed by atoms with Crippen molar-refractivity contribution in [1.29, 1.82) is 0 Å². The highest BCUT2D eigenvalue weighted by Gasteiger charge is 2.13. The fourth-order valence-electron chi connectivity index (χ4n) is 2.41. The molecule has 3 aromatic rings. The number of benzene rings is 2. The Labute approximate surface area is 148 Å². The van der Waals surface area contributed by atoms with Gasteiger partial charge in [0.05, 0.1) is 40.1 Å². The van der Waals surface area contributed by atoms with Crippen LogP contribution < -0.4 is 10.6 Å². The van der Waals surface area contributed by atoms with Crippen LogP contribution in [0, 0.1) is 6.92 Å². The molecular formula is C18H17N3O3S. The number of hydrogen-bond donors (Lipinski definition) is 2. The number of nitrogens with zero attached hydrogens (tertiary/aromatic N) is 1. The van der Waals surface area contributed by atoms with Gasteiger partial charge in [0.15, 0.2) is 0 Å². The molecule has 0 aliphatic carbocycles. The zero-order valence-corrected chi connectivity index (χ0v) is 14.6. The molecule has 0 fully saturated rings. The van der Waals surface area contributed by atoms with Crippen molar-refractivity contribution >= 4 is 44.8 Å². The number of carbonyl (C=O) groups is 2. The summed E-state index contributed by atoms with van der Waals surface area (Å²) in [4.78, 5) is 28.3. The van der Waals surface area contributed by atoms with Crippen LogP contribution in [0.15, 0.2) is 42.5 Å². The molecular weight excluding hydrogens is 338 g/mol. The first-order chi connectivity index (χ1) is 12.1. The minimum Gasteiger partial charge on any atom is -0.465 e. The quantitative estimate of drug-likeness (QED) is 0.685. The minimum atomic E-state index is -0.491. The van der Waals surface area contributed by atoms with Crippen LogP contribution in [0.1, 0.15) is 15.4 Å². The van der Waals surface area contributed by atoms with Crippen molar-refractivity contribution in [2.75, 3.05) is 24.3 Å². The standard InChI is InChI=1S/C18H17N3O3S/c1-11-20-15-8-7-12(9-16(15)25-11)19-10-17(22)21-14-6-4-3-5-13(14)18(23)24-2/h3-9,19H,10H2,1-2H3,(H,21,22). The van der Waals surface area contributed by atoms with Crippen LogP contribution in [0.5, 0.6) is 0 Å². The van der Waals surface area contributed by atoms with E-state index in [1.807, 2.05) is 25.1 Å². The Kier molecular flexibility index (Phi) is 4.95. The third-order valence-electron chi connectivity index (χ3n) is 3.55. The summed E-state index contributed by atoms with van der Waals surface area (Å²) in [6.07, 6.45) is 0. The van der Waals surface area contributed by atoms with E-state index in [-0.39, 0.29) is 12.5 Å². The van der Waals surface area contributed by atoms with E-state index in [1.54, 1.807) is 35.6 Å². The molecule has 0 aliphatic rings. The van der Waals surface area contributed by atoms with E-state index in [0.29, 0.717) is 11.3 Å². The number of methoxy groups -OCH3 is 1. The van der Waals surface area contributed by atoms with Crippen LogP contribution in [-0.2, 0) is 9.53 Å². The van der Waals surface area contributed by atoms with Gasteiger partial charge in [-0.1, -0.05) is 12.1 Å². The van der Waals surface area contributed by atoms with Crippen molar-refractivity contribution < 1.29 is 14.3 Å². The average molecular weight is 355 g/mol. The summed E-state index contributed by atoms with van der Waals surface area (Å²) in [5.74, 6) is -0.744. The van der Waals surface area contributed by atoms with Crippen molar-refractivity contribution in [3.63, 3.8) is 0 Å². The molecule has 0 bridgehead atoms. The van der Waals surface area contributed by atoms with Crippen molar-refractivity contribution in [3.8, 4) is 0 Å². The number of para-hydroxylation sites is 1. The summed E-state index contributed by atoms with van der Waals surface area (Å²) in [5, 5.41) is 6.81. The molecule has 3 rings (SSSR count). The van der Waals surface area contributed by atoms with Gasteiger partial charge in [-0.05, 0) is 37.3 Å². The maximum absolute atomic E-state index is 12.2. The minimum absolute atomic E-state index is 0.0821. The number of esters is 1. The number of aryl methyl sites for hydroxylation is 1. The van der Waals surface area contributed by atoms with E-state index < -0.39 is 5.97 Å². The van der Waals surface area contributed by atoms with Gasteiger partial charge in [0.25, 0.3) is 0 Å². The molecule has 0 atom stereocenters. The Morgan fingerprint density at radius 2 is 2.00 bits per heavy atom. The number of aromatic nitrogens is 1. The van der Waals surface area contributed by atoms with E-state index in [1.165, 1.54) is 7.11 Å². The van der Waals surface area contributed by atoms with E-state index in [9.17, 15) is 9.59 Å². The van der Waals surface area contributed by atoms with Gasteiger partial charge in [0.1, 0.15) is 0 Å². The highest BCUT2D eigenvalue weighted by Crippen LogP contribution is 2.24. The first kappa shape index (κ1) is 16.9. The molecule has 128 valence electrons. The third kappa shape index (κ3) is 3.95. The number of thiazole rings is 1. The summed E-state index contributed by atoms with van der Waals surface area (Å²) in [6, 6.07) is 12.5. The predicted molar refractivity (Wildman–Crippen MR) is 99.3 cm³/mol. The Balaban J connectivity index is 1.65. The SMILES string of the molecule is COC(=O)c1ccccc1NC(=O)CNc1ccc2nc(C)sc2c1. The summed E-state index contributed by atoms with van der Waals surface area (Å²) < 4.78 is 5.79. The first-order valence-corrected chi connectivity index (χ1v) is 8.47. The van der Waals surface area contributed by atoms with Gasteiger partial charge in [-0.2, -0.15) is 0 Å². The normalized spacial score (nSPS) is 10.5. The van der Waals surface area contributed by atoms with Crippen LogP contribution in [-0.4, -0.2) is 30.5 Å². The highest BCUT2D eigenvalue weighted by molar-refractivity contribution is 7.18. The maximum Gasteiger partial charge on any atom is 0.339 e. The predicted octanol–water partition coefficient (Wildman–Crippen LogP) is 3.44. The molecule has 6 nitrogen and oxygen atoms in total. The largest absolute Gasteiger partial charge is 0.465 e. The number of anilines is 2. The molecule has 0 unspecified atom stereocenters. The number of fused-ring (bicyclic) bond motifs is 1. The van der Waals surface area contributed by atoms with Gasteiger partial charge in [-0.25, -0.2) is 9.78 Å². The molecule has 0 saturated carbocycles. The summed E-state index contributed by atoms with van der Waals surface area (Å²) >= 11 is 1.61. The zero-order chi connectivity index (χ0) is 17.8. The number of ether oxygens (including phenoxy) is 1. The lowest BCUT2D eigenvalue weighted by molar-refractivity contribution is -0.114. The lowest BCUT2D eigenvalue weighted by Gasteiger charge is -2.10. The smallest absolute Gasteiger partial charge is 0.339 e. The zero-order valence-electron chi connectivity index (χ0n) is 13.8. The van der Waals surface area contributed by atoms with Gasteiger partial charge in [-0.3, -0.25) is 4.79 Å². The van der Waals surface area contributed by atoms with Crippen LogP contribution in [0.4, 0.5) is 11.4 Å². The Bertz CT molecular complexity index is 936. The second-order valence-corrected chi connectivity index (χ2v) is 6.59. The summed E-state index contributed by atoms with van der Waals surface area (Å²) in [5.41, 5.74) is 2.53. The second kappa shape index (κ2) is 7.31. The van der Waals surface area contributed by atoms with Crippen molar-refractivity contribution in [2.45, 2.75) is 6.92 Å². The number of amides is 1. The number of nitrogens with one attached hydrogen (secondary N) is 2. The molecule has 0 aliphatic heterocycles. The molecule has 7 heteroatoms. The Hall–Kier alpha value is -2.93. The maximum atomic E-state index is 12.2. The van der Waals surface area contributed by atoms with Gasteiger partial charge in [0.2, 0.25) is 5.91 Å². The summed E-state index contributed by atoms with van der Waals surface area (Å²) in [6.45, 7) is 2.04. The summed E-state index contributed by atoms with van der Waals surface area (Å²) in [7, 11) is 1.31. The van der Waals surface area contributed by atoms with Crippen molar-refractivity contribution in [2.24, 2.45) is 0 Å². The van der Waals surface area contributed by atoms with Crippen LogP contribution in [0.2, 0.25) is 0 Å². The molecule has 1 heterocycles. The molecule has 1 amide bonds. The van der Waals surface area contributed by atoms with Crippen molar-refractivity contribution in [3.05, 3.63) is 53.0 Å². The Morgan fingerprint density at radius 3 is 2.80 bits per heavy atom. The topological polar surface area (TPSA) is 80.3 Å². The molecule has 0 spiro atoms.